The van der Waals surface area contributed by atoms with Crippen LogP contribution in [0.3, 0.4) is 0 Å². The Hall–Kier alpha value is -0.300. The van der Waals surface area contributed by atoms with Crippen molar-refractivity contribution in [1.82, 2.24) is 0 Å². The van der Waals surface area contributed by atoms with E-state index in [9.17, 15) is 0 Å². The van der Waals surface area contributed by atoms with Gasteiger partial charge in [-0.3, -0.25) is 0 Å². The van der Waals surface area contributed by atoms with E-state index in [1.165, 1.54) is 25.7 Å². The smallest absolute Gasteiger partial charge is 0.0468 e. The molecule has 80 valence electrons. The van der Waals surface area contributed by atoms with Crippen LogP contribution in [-0.2, 0) is 0 Å². The van der Waals surface area contributed by atoms with Crippen LogP contribution >= 0.6 is 0 Å². The van der Waals surface area contributed by atoms with E-state index in [4.69, 9.17) is 5.11 Å². The molecule has 1 heteroatoms. The molecule has 2 rings (SSSR count). The van der Waals surface area contributed by atoms with Crippen molar-refractivity contribution in [2.45, 2.75) is 46.0 Å². The normalized spacial score (nSPS) is 35.2. The Bertz CT molecular complexity index is 240. The van der Waals surface area contributed by atoms with Gasteiger partial charge in [-0.05, 0) is 49.4 Å². The molecule has 2 atom stereocenters. The van der Waals surface area contributed by atoms with Crippen LogP contribution in [0.1, 0.15) is 46.0 Å². The van der Waals surface area contributed by atoms with Gasteiger partial charge in [0.25, 0.3) is 0 Å². The van der Waals surface area contributed by atoms with Crippen LogP contribution in [0.4, 0.5) is 0 Å². The van der Waals surface area contributed by atoms with Gasteiger partial charge in [0.05, 0.1) is 0 Å². The molecule has 0 aromatic carbocycles. The van der Waals surface area contributed by atoms with E-state index < -0.39 is 0 Å². The lowest BCUT2D eigenvalue weighted by atomic mass is 9.60. The maximum atomic E-state index is 8.98. The molecular formula is C13H22O. The quantitative estimate of drug-likeness (QED) is 0.670. The number of aliphatic hydroxyl groups is 1. The lowest BCUT2D eigenvalue weighted by Crippen LogP contribution is -2.34. The fourth-order valence-electron chi connectivity index (χ4n) is 3.18. The van der Waals surface area contributed by atoms with Crippen LogP contribution < -0.4 is 0 Å². The highest BCUT2D eigenvalue weighted by atomic mass is 16.2. The maximum absolute atomic E-state index is 8.98. The van der Waals surface area contributed by atoms with E-state index in [0.717, 1.165) is 18.3 Å². The number of aliphatic hydroxyl groups excluding tert-OH is 1. The van der Waals surface area contributed by atoms with Gasteiger partial charge in [0.1, 0.15) is 0 Å². The molecule has 14 heavy (non-hydrogen) atoms. The Kier molecular flexibility index (Phi) is 2.70. The summed E-state index contributed by atoms with van der Waals surface area (Å²) in [5.41, 5.74) is 2.09. The number of hydrogen-bond acceptors (Lipinski definition) is 1. The standard InChI is InChI=1S/C13H22O/c1-13(2)7-5-11-9-12(13)4-3-10(11)6-8-14/h3,11-12,14H,4-9H2,1-2H3. The second-order valence-corrected chi connectivity index (χ2v) is 5.65. The summed E-state index contributed by atoms with van der Waals surface area (Å²) in [6.45, 7) is 5.16. The fraction of sp³-hybridized carbons (Fsp3) is 0.846. The molecule has 0 aromatic rings. The van der Waals surface area contributed by atoms with Crippen molar-refractivity contribution in [3.63, 3.8) is 0 Å². The van der Waals surface area contributed by atoms with Gasteiger partial charge in [-0.1, -0.05) is 25.5 Å². The van der Waals surface area contributed by atoms with Crippen LogP contribution in [-0.4, -0.2) is 11.7 Å². The van der Waals surface area contributed by atoms with Crippen LogP contribution in [0.15, 0.2) is 11.6 Å². The molecule has 1 fully saturated rings. The first-order chi connectivity index (χ1) is 6.63. The van der Waals surface area contributed by atoms with Gasteiger partial charge < -0.3 is 5.11 Å². The monoisotopic (exact) mass is 194 g/mol. The molecule has 0 radical (unpaired) electrons. The molecule has 1 N–H and O–H groups in total. The summed E-state index contributed by atoms with van der Waals surface area (Å²) in [5, 5.41) is 8.98. The molecule has 0 spiro atoms. The zero-order valence-electron chi connectivity index (χ0n) is 9.42. The Balaban J connectivity index is 2.10. The van der Waals surface area contributed by atoms with Gasteiger partial charge in [0.2, 0.25) is 0 Å². The molecule has 1 nitrogen and oxygen atoms in total. The summed E-state index contributed by atoms with van der Waals surface area (Å²) in [7, 11) is 0. The zero-order chi connectivity index (χ0) is 10.2. The first-order valence-electron chi connectivity index (χ1n) is 5.93. The van der Waals surface area contributed by atoms with Crippen LogP contribution in [0.5, 0.6) is 0 Å². The number of fused-ring (bicyclic) bond motifs is 2. The second-order valence-electron chi connectivity index (χ2n) is 5.65. The van der Waals surface area contributed by atoms with Gasteiger partial charge in [0, 0.05) is 6.61 Å². The Morgan fingerprint density at radius 1 is 1.50 bits per heavy atom. The maximum Gasteiger partial charge on any atom is 0.0468 e. The van der Waals surface area contributed by atoms with E-state index in [0.29, 0.717) is 12.0 Å². The first-order valence-corrected chi connectivity index (χ1v) is 5.93. The van der Waals surface area contributed by atoms with Gasteiger partial charge >= 0.3 is 0 Å². The molecule has 0 heterocycles. The second kappa shape index (κ2) is 3.69. The largest absolute Gasteiger partial charge is 0.396 e. The summed E-state index contributed by atoms with van der Waals surface area (Å²) >= 11 is 0. The molecule has 2 aliphatic rings. The molecule has 1 saturated carbocycles. The average Bonchev–Trinajstić information content (AvgIpc) is 2.15. The van der Waals surface area contributed by atoms with Crippen LogP contribution in [0.2, 0.25) is 0 Å². The molecule has 2 unspecified atom stereocenters. The lowest BCUT2D eigenvalue weighted by molar-refractivity contribution is 0.0997. The van der Waals surface area contributed by atoms with Gasteiger partial charge in [0.15, 0.2) is 0 Å². The average molecular weight is 194 g/mol. The van der Waals surface area contributed by atoms with Crippen LogP contribution in [0.25, 0.3) is 0 Å². The Morgan fingerprint density at radius 3 is 3.00 bits per heavy atom. The number of rotatable bonds is 2. The minimum atomic E-state index is 0.330. The highest BCUT2D eigenvalue weighted by Gasteiger charge is 2.38. The summed E-state index contributed by atoms with van der Waals surface area (Å²) in [5.74, 6) is 1.69. The van der Waals surface area contributed by atoms with E-state index >= 15 is 0 Å². The predicted octanol–water partition coefficient (Wildman–Crippen LogP) is 3.14. The third-order valence-electron chi connectivity index (χ3n) is 4.40. The van der Waals surface area contributed by atoms with E-state index in [1.54, 1.807) is 5.57 Å². The minimum Gasteiger partial charge on any atom is -0.396 e. The van der Waals surface area contributed by atoms with Crippen molar-refractivity contribution in [3.05, 3.63) is 11.6 Å². The Morgan fingerprint density at radius 2 is 2.29 bits per heavy atom. The first kappa shape index (κ1) is 10.2. The topological polar surface area (TPSA) is 20.2 Å². The number of allylic oxidation sites excluding steroid dienone is 1. The van der Waals surface area contributed by atoms with Gasteiger partial charge in [-0.2, -0.15) is 0 Å². The summed E-state index contributed by atoms with van der Waals surface area (Å²) in [4.78, 5) is 0. The molecule has 0 aromatic heterocycles. The Labute approximate surface area is 87.2 Å². The van der Waals surface area contributed by atoms with E-state index in [-0.39, 0.29) is 0 Å². The van der Waals surface area contributed by atoms with Crippen molar-refractivity contribution in [3.8, 4) is 0 Å². The number of hydrogen-bond donors (Lipinski definition) is 1. The predicted molar refractivity (Wildman–Crippen MR) is 59.0 cm³/mol. The summed E-state index contributed by atoms with van der Waals surface area (Å²) in [6, 6.07) is 0. The molecule has 2 bridgehead atoms. The van der Waals surface area contributed by atoms with Crippen molar-refractivity contribution in [2.24, 2.45) is 17.3 Å². The molecule has 0 amide bonds. The van der Waals surface area contributed by atoms with Crippen molar-refractivity contribution in [1.29, 1.82) is 0 Å². The third-order valence-corrected chi connectivity index (χ3v) is 4.40. The van der Waals surface area contributed by atoms with Crippen LogP contribution in [0, 0.1) is 17.3 Å². The van der Waals surface area contributed by atoms with Gasteiger partial charge in [-0.25, -0.2) is 0 Å². The van der Waals surface area contributed by atoms with Gasteiger partial charge in [-0.15, -0.1) is 0 Å². The molecule has 0 aliphatic heterocycles. The minimum absolute atomic E-state index is 0.330. The highest BCUT2D eigenvalue weighted by Crippen LogP contribution is 2.50. The van der Waals surface area contributed by atoms with Crippen molar-refractivity contribution >= 4 is 0 Å². The SMILES string of the molecule is CC1(C)CCC2CC1CC=C2CCO. The van der Waals surface area contributed by atoms with Crippen molar-refractivity contribution in [2.75, 3.05) is 6.61 Å². The molecule has 2 aliphatic carbocycles. The molecule has 0 saturated heterocycles. The van der Waals surface area contributed by atoms with E-state index in [1.807, 2.05) is 0 Å². The van der Waals surface area contributed by atoms with Crippen molar-refractivity contribution < 1.29 is 5.11 Å². The summed E-state index contributed by atoms with van der Waals surface area (Å²) < 4.78 is 0. The molecular weight excluding hydrogens is 172 g/mol. The van der Waals surface area contributed by atoms with E-state index in [2.05, 4.69) is 19.9 Å². The fourth-order valence-corrected chi connectivity index (χ4v) is 3.18. The third kappa shape index (κ3) is 1.75. The summed E-state index contributed by atoms with van der Waals surface area (Å²) in [6.07, 6.45) is 8.66. The zero-order valence-corrected chi connectivity index (χ0v) is 9.42. The highest BCUT2D eigenvalue weighted by molar-refractivity contribution is 5.14. The lowest BCUT2D eigenvalue weighted by Gasteiger charge is -2.45.